The Labute approximate surface area is 124 Å². The third-order valence-electron chi connectivity index (χ3n) is 2.62. The third-order valence-corrected chi connectivity index (χ3v) is 3.48. The lowest BCUT2D eigenvalue weighted by Gasteiger charge is -1.95. The van der Waals surface area contributed by atoms with Crippen molar-refractivity contribution in [1.82, 2.24) is 4.98 Å². The van der Waals surface area contributed by atoms with E-state index in [0.717, 1.165) is 4.88 Å². The maximum atomic E-state index is 13.0. The molecule has 0 saturated carbocycles. The predicted molar refractivity (Wildman–Crippen MR) is 78.6 cm³/mol. The summed E-state index contributed by atoms with van der Waals surface area (Å²) in [5.41, 5.74) is 1.28. The number of halogens is 1. The first-order valence-corrected chi connectivity index (χ1v) is 7.08. The monoisotopic (exact) mass is 302 g/mol. The number of benzene rings is 1. The number of hydrogen-bond donors (Lipinski definition) is 0. The van der Waals surface area contributed by atoms with E-state index < -0.39 is 0 Å². The zero-order chi connectivity index (χ0) is 14.5. The van der Waals surface area contributed by atoms with Gasteiger partial charge < -0.3 is 9.25 Å². The first kappa shape index (κ1) is 13.5. The average molecular weight is 302 g/mol. The van der Waals surface area contributed by atoms with Gasteiger partial charge in [-0.25, -0.2) is 9.37 Å². The normalized spacial score (nSPS) is 11.1. The molecule has 6 heteroatoms. The molecule has 3 rings (SSSR count). The van der Waals surface area contributed by atoms with E-state index in [-0.39, 0.29) is 12.4 Å². The SMILES string of the molecule is Fc1cccc(/C=N\OCc2coc(-c3cccs3)n2)c1. The smallest absolute Gasteiger partial charge is 0.236 e. The molecule has 1 aromatic carbocycles. The van der Waals surface area contributed by atoms with Gasteiger partial charge in [-0.15, -0.1) is 11.3 Å². The molecule has 2 heterocycles. The molecule has 0 saturated heterocycles. The van der Waals surface area contributed by atoms with E-state index in [1.54, 1.807) is 23.5 Å². The van der Waals surface area contributed by atoms with Crippen LogP contribution in [0, 0.1) is 5.82 Å². The minimum atomic E-state index is -0.309. The van der Waals surface area contributed by atoms with Gasteiger partial charge in [-0.3, -0.25) is 0 Å². The van der Waals surface area contributed by atoms with Crippen LogP contribution in [0.1, 0.15) is 11.3 Å². The molecule has 0 unspecified atom stereocenters. The van der Waals surface area contributed by atoms with E-state index in [1.165, 1.54) is 24.6 Å². The molecule has 0 aliphatic carbocycles. The summed E-state index contributed by atoms with van der Waals surface area (Å²) in [6.07, 6.45) is 2.98. The summed E-state index contributed by atoms with van der Waals surface area (Å²) in [5, 5.41) is 5.74. The molecule has 0 aliphatic rings. The van der Waals surface area contributed by atoms with Gasteiger partial charge in [0.15, 0.2) is 6.61 Å². The van der Waals surface area contributed by atoms with Gasteiger partial charge >= 0.3 is 0 Å². The van der Waals surface area contributed by atoms with E-state index in [9.17, 15) is 4.39 Å². The molecular weight excluding hydrogens is 291 g/mol. The molecule has 0 N–H and O–H groups in total. The second-order valence-corrected chi connectivity index (χ2v) is 5.13. The molecule has 0 radical (unpaired) electrons. The fraction of sp³-hybridized carbons (Fsp3) is 0.0667. The van der Waals surface area contributed by atoms with Crippen LogP contribution in [0.5, 0.6) is 0 Å². The Hall–Kier alpha value is -2.47. The van der Waals surface area contributed by atoms with Crippen molar-refractivity contribution < 1.29 is 13.6 Å². The van der Waals surface area contributed by atoms with Crippen molar-refractivity contribution in [2.75, 3.05) is 0 Å². The lowest BCUT2D eigenvalue weighted by Crippen LogP contribution is -1.89. The van der Waals surface area contributed by atoms with Crippen molar-refractivity contribution in [2.24, 2.45) is 5.16 Å². The highest BCUT2D eigenvalue weighted by Crippen LogP contribution is 2.23. The van der Waals surface area contributed by atoms with Crippen LogP contribution < -0.4 is 0 Å². The minimum Gasteiger partial charge on any atom is -0.443 e. The molecular formula is C15H11FN2O2S. The van der Waals surface area contributed by atoms with E-state index in [1.807, 2.05) is 17.5 Å². The Morgan fingerprint density at radius 3 is 3.10 bits per heavy atom. The van der Waals surface area contributed by atoms with Crippen molar-refractivity contribution in [1.29, 1.82) is 0 Å². The highest BCUT2D eigenvalue weighted by molar-refractivity contribution is 7.13. The summed E-state index contributed by atoms with van der Waals surface area (Å²) >= 11 is 1.55. The van der Waals surface area contributed by atoms with Crippen LogP contribution in [-0.4, -0.2) is 11.2 Å². The highest BCUT2D eigenvalue weighted by Gasteiger charge is 2.07. The number of hydrogen-bond acceptors (Lipinski definition) is 5. The first-order chi connectivity index (χ1) is 10.3. The van der Waals surface area contributed by atoms with Crippen LogP contribution in [0.2, 0.25) is 0 Å². The fourth-order valence-electron chi connectivity index (χ4n) is 1.68. The Morgan fingerprint density at radius 1 is 1.33 bits per heavy atom. The largest absolute Gasteiger partial charge is 0.443 e. The van der Waals surface area contributed by atoms with Crippen molar-refractivity contribution in [2.45, 2.75) is 6.61 Å². The summed E-state index contributed by atoms with van der Waals surface area (Å²) in [4.78, 5) is 10.4. The van der Waals surface area contributed by atoms with Crippen molar-refractivity contribution >= 4 is 17.6 Å². The number of nitrogens with zero attached hydrogens (tertiary/aromatic N) is 2. The molecule has 4 nitrogen and oxygen atoms in total. The summed E-state index contributed by atoms with van der Waals surface area (Å²) in [7, 11) is 0. The molecule has 0 bridgehead atoms. The number of oxazole rings is 1. The molecule has 0 aliphatic heterocycles. The standard InChI is InChI=1S/C15H11FN2O2S/c16-12-4-1-3-11(7-12)8-17-20-10-13-9-19-15(18-13)14-5-2-6-21-14/h1-9H,10H2/b17-8-. The molecule has 0 fully saturated rings. The van der Waals surface area contributed by atoms with Gasteiger partial charge in [0.2, 0.25) is 5.89 Å². The van der Waals surface area contributed by atoms with Crippen LogP contribution in [0.4, 0.5) is 4.39 Å². The van der Waals surface area contributed by atoms with E-state index in [2.05, 4.69) is 10.1 Å². The molecule has 2 aromatic heterocycles. The van der Waals surface area contributed by atoms with Crippen molar-refractivity contribution in [3.05, 3.63) is 65.1 Å². The summed E-state index contributed by atoms with van der Waals surface area (Å²) < 4.78 is 18.3. The van der Waals surface area contributed by atoms with Gasteiger partial charge in [-0.1, -0.05) is 23.4 Å². The van der Waals surface area contributed by atoms with Crippen LogP contribution in [0.3, 0.4) is 0 Å². The maximum absolute atomic E-state index is 13.0. The van der Waals surface area contributed by atoms with Crippen LogP contribution >= 0.6 is 11.3 Å². The Bertz CT molecular complexity index is 738. The average Bonchev–Trinajstić information content (AvgIpc) is 3.14. The Balaban J connectivity index is 1.56. The van der Waals surface area contributed by atoms with Crippen molar-refractivity contribution in [3.8, 4) is 10.8 Å². The maximum Gasteiger partial charge on any atom is 0.236 e. The van der Waals surface area contributed by atoms with Gasteiger partial charge in [-0.2, -0.15) is 0 Å². The van der Waals surface area contributed by atoms with Gasteiger partial charge in [0.1, 0.15) is 17.8 Å². The van der Waals surface area contributed by atoms with Gasteiger partial charge in [0.25, 0.3) is 0 Å². The topological polar surface area (TPSA) is 47.6 Å². The Kier molecular flexibility index (Phi) is 4.07. The molecule has 21 heavy (non-hydrogen) atoms. The summed E-state index contributed by atoms with van der Waals surface area (Å²) in [6, 6.07) is 9.97. The molecule has 3 aromatic rings. The molecule has 0 spiro atoms. The second kappa shape index (κ2) is 6.32. The minimum absolute atomic E-state index is 0.195. The second-order valence-electron chi connectivity index (χ2n) is 4.18. The van der Waals surface area contributed by atoms with E-state index in [0.29, 0.717) is 17.1 Å². The predicted octanol–water partition coefficient (Wildman–Crippen LogP) is 4.09. The van der Waals surface area contributed by atoms with E-state index >= 15 is 0 Å². The number of rotatable bonds is 5. The lowest BCUT2D eigenvalue weighted by molar-refractivity contribution is 0.129. The summed E-state index contributed by atoms with van der Waals surface area (Å²) in [5.74, 6) is 0.258. The zero-order valence-electron chi connectivity index (χ0n) is 10.9. The first-order valence-electron chi connectivity index (χ1n) is 6.20. The quantitative estimate of drug-likeness (QED) is 0.527. The van der Waals surface area contributed by atoms with Crippen LogP contribution in [-0.2, 0) is 11.4 Å². The van der Waals surface area contributed by atoms with Gasteiger partial charge in [0, 0.05) is 0 Å². The molecule has 0 amide bonds. The lowest BCUT2D eigenvalue weighted by atomic mass is 10.2. The third kappa shape index (κ3) is 3.55. The Morgan fingerprint density at radius 2 is 2.29 bits per heavy atom. The fourth-order valence-corrected chi connectivity index (χ4v) is 2.33. The molecule has 0 atom stereocenters. The van der Waals surface area contributed by atoms with Crippen molar-refractivity contribution in [3.63, 3.8) is 0 Å². The van der Waals surface area contributed by atoms with Crippen LogP contribution in [0.25, 0.3) is 10.8 Å². The number of oxime groups is 1. The van der Waals surface area contributed by atoms with Gasteiger partial charge in [-0.05, 0) is 29.1 Å². The summed E-state index contributed by atoms with van der Waals surface area (Å²) in [6.45, 7) is 0.195. The number of thiophene rings is 1. The highest BCUT2D eigenvalue weighted by atomic mass is 32.1. The van der Waals surface area contributed by atoms with Gasteiger partial charge in [0.05, 0.1) is 11.1 Å². The van der Waals surface area contributed by atoms with E-state index in [4.69, 9.17) is 9.25 Å². The van der Waals surface area contributed by atoms with Crippen LogP contribution in [0.15, 0.2) is 57.6 Å². The molecule has 106 valence electrons. The zero-order valence-corrected chi connectivity index (χ0v) is 11.7. The number of aromatic nitrogens is 1.